The van der Waals surface area contributed by atoms with Gasteiger partial charge in [-0.25, -0.2) is 0 Å². The number of ether oxygens (including phenoxy) is 2. The van der Waals surface area contributed by atoms with E-state index in [1.807, 2.05) is 24.3 Å². The number of para-hydroxylation sites is 1. The zero-order chi connectivity index (χ0) is 14.0. The Bertz CT molecular complexity index is 544. The second kappa shape index (κ2) is 5.69. The van der Waals surface area contributed by atoms with Crippen molar-refractivity contribution in [2.45, 2.75) is 12.5 Å². The molecule has 0 aromatic heterocycles. The van der Waals surface area contributed by atoms with Crippen LogP contribution in [0.1, 0.15) is 5.56 Å². The second-order valence-corrected chi connectivity index (χ2v) is 6.67. The maximum absolute atomic E-state index is 12.1. The predicted molar refractivity (Wildman–Crippen MR) is 73.9 cm³/mol. The number of hydrogen-bond donors (Lipinski definition) is 1. The Morgan fingerprint density at radius 1 is 1.25 bits per heavy atom. The minimum absolute atomic E-state index is 0.136. The van der Waals surface area contributed by atoms with Gasteiger partial charge < -0.3 is 9.47 Å². The molecule has 3 rings (SSSR count). The van der Waals surface area contributed by atoms with E-state index >= 15 is 0 Å². The van der Waals surface area contributed by atoms with Gasteiger partial charge in [-0.15, -0.1) is 0 Å². The quantitative estimate of drug-likeness (QED) is 0.859. The maximum Gasteiger partial charge on any atom is 0.279 e. The lowest BCUT2D eigenvalue weighted by atomic mass is 10.1. The molecule has 6 nitrogen and oxygen atoms in total. The minimum atomic E-state index is -3.43. The summed E-state index contributed by atoms with van der Waals surface area (Å²) in [5, 5.41) is 0. The van der Waals surface area contributed by atoms with E-state index in [-0.39, 0.29) is 12.6 Å². The van der Waals surface area contributed by atoms with Crippen molar-refractivity contribution < 1.29 is 17.9 Å². The Morgan fingerprint density at radius 3 is 2.75 bits per heavy atom. The first kappa shape index (κ1) is 13.8. The molecule has 2 heterocycles. The summed E-state index contributed by atoms with van der Waals surface area (Å²) in [5.41, 5.74) is 1.13. The summed E-state index contributed by atoms with van der Waals surface area (Å²) < 4.78 is 39.2. The SMILES string of the molecule is O=S(=O)(NCC1Cc2ccccc2O1)N1CCOCC1. The Morgan fingerprint density at radius 2 is 2.00 bits per heavy atom. The first-order valence-electron chi connectivity index (χ1n) is 6.72. The van der Waals surface area contributed by atoms with Crippen molar-refractivity contribution in [3.05, 3.63) is 29.8 Å². The normalized spacial score (nSPS) is 23.3. The first-order chi connectivity index (χ1) is 9.65. The molecule has 1 atom stereocenters. The zero-order valence-electron chi connectivity index (χ0n) is 11.1. The van der Waals surface area contributed by atoms with Crippen LogP contribution in [0.5, 0.6) is 5.75 Å². The van der Waals surface area contributed by atoms with Gasteiger partial charge in [0.2, 0.25) is 0 Å². The van der Waals surface area contributed by atoms with Crippen LogP contribution in [-0.2, 0) is 21.4 Å². The molecular weight excluding hydrogens is 280 g/mol. The molecule has 0 saturated carbocycles. The molecule has 1 fully saturated rings. The third-order valence-corrected chi connectivity index (χ3v) is 5.09. The van der Waals surface area contributed by atoms with Crippen molar-refractivity contribution in [1.29, 1.82) is 0 Å². The number of nitrogens with zero attached hydrogens (tertiary/aromatic N) is 1. The van der Waals surface area contributed by atoms with Crippen LogP contribution in [0, 0.1) is 0 Å². The van der Waals surface area contributed by atoms with Crippen LogP contribution < -0.4 is 9.46 Å². The summed E-state index contributed by atoms with van der Waals surface area (Å²) >= 11 is 0. The lowest BCUT2D eigenvalue weighted by Gasteiger charge is -2.26. The van der Waals surface area contributed by atoms with Gasteiger partial charge in [-0.1, -0.05) is 18.2 Å². The summed E-state index contributed by atoms with van der Waals surface area (Å²) in [6, 6.07) is 7.79. The van der Waals surface area contributed by atoms with E-state index in [9.17, 15) is 8.42 Å². The van der Waals surface area contributed by atoms with Gasteiger partial charge in [0, 0.05) is 26.1 Å². The van der Waals surface area contributed by atoms with Gasteiger partial charge in [0.15, 0.2) is 0 Å². The average Bonchev–Trinajstić information content (AvgIpc) is 2.89. The van der Waals surface area contributed by atoms with Crippen molar-refractivity contribution in [3.63, 3.8) is 0 Å². The molecule has 1 aromatic rings. The largest absolute Gasteiger partial charge is 0.488 e. The fourth-order valence-corrected chi connectivity index (χ4v) is 3.65. The van der Waals surface area contributed by atoms with Gasteiger partial charge in [0.1, 0.15) is 11.9 Å². The zero-order valence-corrected chi connectivity index (χ0v) is 11.9. The smallest absolute Gasteiger partial charge is 0.279 e. The van der Waals surface area contributed by atoms with E-state index in [1.165, 1.54) is 4.31 Å². The molecule has 1 saturated heterocycles. The summed E-state index contributed by atoms with van der Waals surface area (Å²) in [6.07, 6.45) is 0.602. The fraction of sp³-hybridized carbons (Fsp3) is 0.538. The molecule has 0 bridgehead atoms. The number of rotatable bonds is 4. The Balaban J connectivity index is 1.55. The van der Waals surface area contributed by atoms with E-state index < -0.39 is 10.2 Å². The maximum atomic E-state index is 12.1. The van der Waals surface area contributed by atoms with Crippen molar-refractivity contribution in [2.24, 2.45) is 0 Å². The van der Waals surface area contributed by atoms with Crippen LogP contribution in [0.2, 0.25) is 0 Å². The summed E-state index contributed by atoms with van der Waals surface area (Å²) in [6.45, 7) is 2.00. The highest BCUT2D eigenvalue weighted by molar-refractivity contribution is 7.87. The Hall–Kier alpha value is -1.15. The van der Waals surface area contributed by atoms with Crippen LogP contribution in [0.25, 0.3) is 0 Å². The van der Waals surface area contributed by atoms with Crippen molar-refractivity contribution in [1.82, 2.24) is 9.03 Å². The van der Waals surface area contributed by atoms with E-state index in [4.69, 9.17) is 9.47 Å². The van der Waals surface area contributed by atoms with Crippen LogP contribution >= 0.6 is 0 Å². The van der Waals surface area contributed by atoms with E-state index in [2.05, 4.69) is 4.72 Å². The molecular formula is C13H18N2O4S. The number of hydrogen-bond acceptors (Lipinski definition) is 4. The summed E-state index contributed by atoms with van der Waals surface area (Å²) in [4.78, 5) is 0. The molecule has 110 valence electrons. The van der Waals surface area contributed by atoms with Crippen LogP contribution in [-0.4, -0.2) is 51.7 Å². The molecule has 0 aliphatic carbocycles. The lowest BCUT2D eigenvalue weighted by Crippen LogP contribution is -2.48. The van der Waals surface area contributed by atoms with Gasteiger partial charge in [-0.05, 0) is 11.6 Å². The van der Waals surface area contributed by atoms with Crippen LogP contribution in [0.15, 0.2) is 24.3 Å². The molecule has 1 unspecified atom stereocenters. The second-order valence-electron chi connectivity index (χ2n) is 4.92. The highest BCUT2D eigenvalue weighted by Crippen LogP contribution is 2.27. The molecule has 2 aliphatic rings. The lowest BCUT2D eigenvalue weighted by molar-refractivity contribution is 0.0723. The highest BCUT2D eigenvalue weighted by Gasteiger charge is 2.27. The van der Waals surface area contributed by atoms with Gasteiger partial charge >= 0.3 is 0 Å². The molecule has 7 heteroatoms. The number of nitrogens with one attached hydrogen (secondary N) is 1. The predicted octanol–water partition coefficient (Wildman–Crippen LogP) is 0.157. The van der Waals surface area contributed by atoms with E-state index in [0.717, 1.165) is 17.7 Å². The minimum Gasteiger partial charge on any atom is -0.488 e. The fourth-order valence-electron chi connectivity index (χ4n) is 2.44. The number of fused-ring (bicyclic) bond motifs is 1. The van der Waals surface area contributed by atoms with E-state index in [1.54, 1.807) is 0 Å². The van der Waals surface area contributed by atoms with E-state index in [0.29, 0.717) is 26.3 Å². The van der Waals surface area contributed by atoms with Crippen LogP contribution in [0.3, 0.4) is 0 Å². The molecule has 20 heavy (non-hydrogen) atoms. The van der Waals surface area contributed by atoms with Gasteiger partial charge in [0.05, 0.1) is 13.2 Å². The first-order valence-corrected chi connectivity index (χ1v) is 8.16. The summed E-state index contributed by atoms with van der Waals surface area (Å²) in [5.74, 6) is 0.850. The molecule has 0 radical (unpaired) electrons. The highest BCUT2D eigenvalue weighted by atomic mass is 32.2. The van der Waals surface area contributed by atoms with Crippen molar-refractivity contribution in [3.8, 4) is 5.75 Å². The number of morpholine rings is 1. The molecule has 1 aromatic carbocycles. The Kier molecular flexibility index (Phi) is 3.93. The van der Waals surface area contributed by atoms with Crippen molar-refractivity contribution >= 4 is 10.2 Å². The summed E-state index contributed by atoms with van der Waals surface area (Å²) in [7, 11) is -3.43. The molecule has 0 spiro atoms. The average molecular weight is 298 g/mol. The Labute approximate surface area is 118 Å². The van der Waals surface area contributed by atoms with Crippen molar-refractivity contribution in [2.75, 3.05) is 32.8 Å². The third kappa shape index (κ3) is 2.95. The monoisotopic (exact) mass is 298 g/mol. The number of benzene rings is 1. The van der Waals surface area contributed by atoms with Gasteiger partial charge in [-0.3, -0.25) is 0 Å². The van der Waals surface area contributed by atoms with Gasteiger partial charge in [-0.2, -0.15) is 17.4 Å². The molecule has 1 N–H and O–H groups in total. The third-order valence-electron chi connectivity index (χ3n) is 3.52. The van der Waals surface area contributed by atoms with Gasteiger partial charge in [0.25, 0.3) is 10.2 Å². The molecule has 0 amide bonds. The topological polar surface area (TPSA) is 67.9 Å². The molecule has 2 aliphatic heterocycles. The van der Waals surface area contributed by atoms with Crippen LogP contribution in [0.4, 0.5) is 0 Å². The standard InChI is InChI=1S/C13H18N2O4S/c16-20(17,15-5-7-18-8-6-15)14-10-12-9-11-3-1-2-4-13(11)19-12/h1-4,12,14H,5-10H2.